The van der Waals surface area contributed by atoms with Crippen molar-refractivity contribution >= 4 is 17.3 Å². The molecule has 3 rings (SSSR count). The molecular weight excluding hydrogens is 328 g/mol. The zero-order chi connectivity index (χ0) is 16.9. The Hall–Kier alpha value is -2.74. The average Bonchev–Trinajstić information content (AvgIpc) is 3.24. The average molecular weight is 344 g/mol. The SMILES string of the molecule is Cc1cccc(C)c1OCCOC(=O)c1sccc1-n1cnnn1. The minimum absolute atomic E-state index is 0.166. The first-order valence-electron chi connectivity index (χ1n) is 7.34. The quantitative estimate of drug-likeness (QED) is 0.505. The number of thiophene rings is 1. The van der Waals surface area contributed by atoms with Crippen LogP contribution >= 0.6 is 11.3 Å². The zero-order valence-corrected chi connectivity index (χ0v) is 14.1. The fourth-order valence-electron chi connectivity index (χ4n) is 2.28. The number of carbonyl (C=O) groups excluding carboxylic acids is 1. The lowest BCUT2D eigenvalue weighted by atomic mass is 10.1. The van der Waals surface area contributed by atoms with Crippen molar-refractivity contribution < 1.29 is 14.3 Å². The van der Waals surface area contributed by atoms with Crippen LogP contribution in [0.3, 0.4) is 0 Å². The molecule has 0 aliphatic rings. The van der Waals surface area contributed by atoms with Crippen LogP contribution in [0.2, 0.25) is 0 Å². The molecule has 0 saturated carbocycles. The smallest absolute Gasteiger partial charge is 0.350 e. The molecule has 2 aromatic heterocycles. The molecule has 7 nitrogen and oxygen atoms in total. The van der Waals surface area contributed by atoms with E-state index in [9.17, 15) is 4.79 Å². The third-order valence-corrected chi connectivity index (χ3v) is 4.28. The number of aromatic nitrogens is 4. The van der Waals surface area contributed by atoms with Gasteiger partial charge in [0.1, 0.15) is 30.2 Å². The van der Waals surface area contributed by atoms with Gasteiger partial charge >= 0.3 is 5.97 Å². The van der Waals surface area contributed by atoms with Gasteiger partial charge in [-0.05, 0) is 46.8 Å². The number of esters is 1. The zero-order valence-electron chi connectivity index (χ0n) is 13.3. The summed E-state index contributed by atoms with van der Waals surface area (Å²) < 4.78 is 12.4. The second kappa shape index (κ2) is 7.22. The van der Waals surface area contributed by atoms with Gasteiger partial charge < -0.3 is 9.47 Å². The Morgan fingerprint density at radius 3 is 2.71 bits per heavy atom. The fourth-order valence-corrected chi connectivity index (χ4v) is 3.05. The molecule has 3 aromatic rings. The number of rotatable bonds is 6. The van der Waals surface area contributed by atoms with Crippen LogP contribution in [-0.4, -0.2) is 39.4 Å². The Balaban J connectivity index is 1.56. The van der Waals surface area contributed by atoms with Crippen LogP contribution in [-0.2, 0) is 4.74 Å². The van der Waals surface area contributed by atoms with Crippen LogP contribution in [0.1, 0.15) is 20.8 Å². The number of hydrogen-bond donors (Lipinski definition) is 0. The van der Waals surface area contributed by atoms with Gasteiger partial charge in [-0.2, -0.15) is 4.68 Å². The molecule has 0 amide bonds. The number of hydrogen-bond acceptors (Lipinski definition) is 7. The summed E-state index contributed by atoms with van der Waals surface area (Å²) in [5.74, 6) is 0.416. The summed E-state index contributed by atoms with van der Waals surface area (Å²) >= 11 is 1.28. The maximum Gasteiger partial charge on any atom is 0.350 e. The van der Waals surface area contributed by atoms with Gasteiger partial charge in [0.15, 0.2) is 0 Å². The second-order valence-electron chi connectivity index (χ2n) is 5.09. The van der Waals surface area contributed by atoms with E-state index in [2.05, 4.69) is 15.5 Å². The van der Waals surface area contributed by atoms with Crippen molar-refractivity contribution in [3.63, 3.8) is 0 Å². The van der Waals surface area contributed by atoms with E-state index in [-0.39, 0.29) is 6.61 Å². The minimum atomic E-state index is -0.416. The Bertz CT molecular complexity index is 809. The lowest BCUT2D eigenvalue weighted by Crippen LogP contribution is -2.13. The number of aryl methyl sites for hydroxylation is 2. The summed E-state index contributed by atoms with van der Waals surface area (Å²) in [6, 6.07) is 7.72. The topological polar surface area (TPSA) is 79.1 Å². The molecule has 0 N–H and O–H groups in total. The first-order valence-corrected chi connectivity index (χ1v) is 8.22. The van der Waals surface area contributed by atoms with Crippen molar-refractivity contribution in [2.45, 2.75) is 13.8 Å². The largest absolute Gasteiger partial charge is 0.489 e. The van der Waals surface area contributed by atoms with E-state index in [0.29, 0.717) is 17.2 Å². The summed E-state index contributed by atoms with van der Waals surface area (Å²) in [5.41, 5.74) is 2.71. The first kappa shape index (κ1) is 16.1. The Morgan fingerprint density at radius 1 is 1.21 bits per heavy atom. The van der Waals surface area contributed by atoms with E-state index < -0.39 is 5.97 Å². The van der Waals surface area contributed by atoms with Crippen molar-refractivity contribution in [2.24, 2.45) is 0 Å². The van der Waals surface area contributed by atoms with Gasteiger partial charge in [-0.25, -0.2) is 4.79 Å². The minimum Gasteiger partial charge on any atom is -0.489 e. The van der Waals surface area contributed by atoms with Crippen LogP contribution < -0.4 is 4.74 Å². The third kappa shape index (κ3) is 3.43. The summed E-state index contributed by atoms with van der Waals surface area (Å²) in [7, 11) is 0. The second-order valence-corrected chi connectivity index (χ2v) is 6.01. The molecule has 0 saturated heterocycles. The maximum absolute atomic E-state index is 12.2. The molecule has 0 aliphatic heterocycles. The Labute approximate surface area is 142 Å². The number of nitrogens with zero attached hydrogens (tertiary/aromatic N) is 4. The van der Waals surface area contributed by atoms with Gasteiger partial charge in [-0.1, -0.05) is 18.2 Å². The molecule has 0 spiro atoms. The van der Waals surface area contributed by atoms with Crippen molar-refractivity contribution in [3.05, 3.63) is 52.0 Å². The lowest BCUT2D eigenvalue weighted by molar-refractivity contribution is 0.0455. The first-order chi connectivity index (χ1) is 11.7. The molecule has 2 heterocycles. The van der Waals surface area contributed by atoms with Gasteiger partial charge in [-0.15, -0.1) is 16.4 Å². The fraction of sp³-hybridized carbons (Fsp3) is 0.250. The van der Waals surface area contributed by atoms with E-state index >= 15 is 0 Å². The van der Waals surface area contributed by atoms with Crippen LogP contribution in [0.25, 0.3) is 5.69 Å². The third-order valence-electron chi connectivity index (χ3n) is 3.40. The van der Waals surface area contributed by atoms with Crippen molar-refractivity contribution in [2.75, 3.05) is 13.2 Å². The molecule has 0 bridgehead atoms. The number of tetrazole rings is 1. The van der Waals surface area contributed by atoms with Crippen molar-refractivity contribution in [1.82, 2.24) is 20.2 Å². The number of benzene rings is 1. The van der Waals surface area contributed by atoms with E-state index in [1.165, 1.54) is 22.3 Å². The van der Waals surface area contributed by atoms with Crippen molar-refractivity contribution in [3.8, 4) is 11.4 Å². The number of carbonyl (C=O) groups is 1. The normalized spacial score (nSPS) is 10.6. The van der Waals surface area contributed by atoms with Crippen LogP contribution in [0.15, 0.2) is 36.0 Å². The molecule has 0 aliphatic carbocycles. The van der Waals surface area contributed by atoms with Gasteiger partial charge in [0, 0.05) is 0 Å². The predicted molar refractivity (Wildman–Crippen MR) is 88.7 cm³/mol. The monoisotopic (exact) mass is 344 g/mol. The summed E-state index contributed by atoms with van der Waals surface area (Å²) in [5, 5.41) is 12.7. The van der Waals surface area contributed by atoms with E-state index in [1.54, 1.807) is 11.4 Å². The molecule has 8 heteroatoms. The van der Waals surface area contributed by atoms with Crippen LogP contribution in [0.5, 0.6) is 5.75 Å². The highest BCUT2D eigenvalue weighted by Gasteiger charge is 2.17. The van der Waals surface area contributed by atoms with E-state index in [1.807, 2.05) is 32.0 Å². The molecule has 24 heavy (non-hydrogen) atoms. The Kier molecular flexibility index (Phi) is 4.85. The standard InChI is InChI=1S/C16H16N4O3S/c1-11-4-3-5-12(2)14(11)22-7-8-23-16(21)15-13(6-9-24-15)20-10-17-18-19-20/h3-6,9-10H,7-8H2,1-2H3. The van der Waals surface area contributed by atoms with E-state index in [4.69, 9.17) is 9.47 Å². The molecule has 0 radical (unpaired) electrons. The van der Waals surface area contributed by atoms with Gasteiger partial charge in [0.25, 0.3) is 0 Å². The molecule has 1 aromatic carbocycles. The number of para-hydroxylation sites is 1. The molecule has 0 unspecified atom stereocenters. The molecule has 0 atom stereocenters. The van der Waals surface area contributed by atoms with Gasteiger partial charge in [0.2, 0.25) is 0 Å². The summed E-state index contributed by atoms with van der Waals surface area (Å²) in [4.78, 5) is 12.7. The van der Waals surface area contributed by atoms with Gasteiger partial charge in [-0.3, -0.25) is 0 Å². The molecule has 124 valence electrons. The number of ether oxygens (including phenoxy) is 2. The highest BCUT2D eigenvalue weighted by atomic mass is 32.1. The molecular formula is C16H16N4O3S. The summed E-state index contributed by atoms with van der Waals surface area (Å²) in [6.07, 6.45) is 1.43. The van der Waals surface area contributed by atoms with E-state index in [0.717, 1.165) is 16.9 Å². The molecule has 0 fully saturated rings. The maximum atomic E-state index is 12.2. The Morgan fingerprint density at radius 2 is 2.00 bits per heavy atom. The van der Waals surface area contributed by atoms with Crippen molar-refractivity contribution in [1.29, 1.82) is 0 Å². The van der Waals surface area contributed by atoms with Crippen LogP contribution in [0.4, 0.5) is 0 Å². The van der Waals surface area contributed by atoms with Crippen LogP contribution in [0, 0.1) is 13.8 Å². The summed E-state index contributed by atoms with van der Waals surface area (Å²) in [6.45, 7) is 4.43. The highest BCUT2D eigenvalue weighted by Crippen LogP contribution is 2.23. The lowest BCUT2D eigenvalue weighted by Gasteiger charge is -2.12. The van der Waals surface area contributed by atoms with Gasteiger partial charge in [0.05, 0.1) is 5.69 Å². The highest BCUT2D eigenvalue weighted by molar-refractivity contribution is 7.12. The predicted octanol–water partition coefficient (Wildman–Crippen LogP) is 2.58.